The van der Waals surface area contributed by atoms with Gasteiger partial charge in [0.25, 0.3) is 0 Å². The summed E-state index contributed by atoms with van der Waals surface area (Å²) in [5.74, 6) is -0.636. The third-order valence-electron chi connectivity index (χ3n) is 4.38. The van der Waals surface area contributed by atoms with Crippen LogP contribution in [0, 0.1) is 5.92 Å². The molecule has 0 bridgehead atoms. The SMILES string of the molecule is COc1ccc(Cl)cc1N1C[C@@H](C(=O)Nc2cccc(NC(C)=O)c2)CC1=O. The lowest BCUT2D eigenvalue weighted by Crippen LogP contribution is -2.28. The molecule has 1 fully saturated rings. The zero-order valence-electron chi connectivity index (χ0n) is 15.5. The molecule has 1 aliphatic rings. The molecule has 2 N–H and O–H groups in total. The van der Waals surface area contributed by atoms with Crippen LogP contribution in [0.2, 0.25) is 5.02 Å². The van der Waals surface area contributed by atoms with E-state index in [4.69, 9.17) is 16.3 Å². The highest BCUT2D eigenvalue weighted by atomic mass is 35.5. The van der Waals surface area contributed by atoms with Gasteiger partial charge in [-0.05, 0) is 36.4 Å². The number of hydrogen-bond acceptors (Lipinski definition) is 4. The molecule has 146 valence electrons. The van der Waals surface area contributed by atoms with Crippen LogP contribution in [0.25, 0.3) is 0 Å². The molecule has 3 rings (SSSR count). The summed E-state index contributed by atoms with van der Waals surface area (Å²) in [6.07, 6.45) is 0.0902. The van der Waals surface area contributed by atoms with E-state index in [0.29, 0.717) is 27.8 Å². The van der Waals surface area contributed by atoms with Crippen molar-refractivity contribution < 1.29 is 19.1 Å². The van der Waals surface area contributed by atoms with Crippen LogP contribution in [0.15, 0.2) is 42.5 Å². The lowest BCUT2D eigenvalue weighted by Gasteiger charge is -2.20. The van der Waals surface area contributed by atoms with E-state index in [1.165, 1.54) is 18.9 Å². The van der Waals surface area contributed by atoms with E-state index in [9.17, 15) is 14.4 Å². The molecule has 0 aliphatic carbocycles. The van der Waals surface area contributed by atoms with Crippen molar-refractivity contribution in [1.82, 2.24) is 0 Å². The van der Waals surface area contributed by atoms with Gasteiger partial charge < -0.3 is 20.3 Å². The molecule has 1 aliphatic heterocycles. The molecule has 0 aromatic heterocycles. The Balaban J connectivity index is 1.72. The number of benzene rings is 2. The molecule has 1 saturated heterocycles. The first kappa shape index (κ1) is 19.7. The summed E-state index contributed by atoms with van der Waals surface area (Å²) < 4.78 is 5.31. The van der Waals surface area contributed by atoms with Crippen molar-refractivity contribution in [3.8, 4) is 5.75 Å². The summed E-state index contributed by atoms with van der Waals surface area (Å²) in [4.78, 5) is 37.8. The lowest BCUT2D eigenvalue weighted by atomic mass is 10.1. The predicted molar refractivity (Wildman–Crippen MR) is 108 cm³/mol. The van der Waals surface area contributed by atoms with Crippen LogP contribution in [0.5, 0.6) is 5.75 Å². The third kappa shape index (κ3) is 4.43. The molecule has 1 atom stereocenters. The van der Waals surface area contributed by atoms with Gasteiger partial charge in [0.2, 0.25) is 17.7 Å². The van der Waals surface area contributed by atoms with Crippen molar-refractivity contribution >= 4 is 46.4 Å². The first-order valence-corrected chi connectivity index (χ1v) is 9.07. The first-order chi connectivity index (χ1) is 13.4. The Morgan fingerprint density at radius 1 is 1.14 bits per heavy atom. The van der Waals surface area contributed by atoms with Crippen LogP contribution < -0.4 is 20.3 Å². The molecule has 7 nitrogen and oxygen atoms in total. The van der Waals surface area contributed by atoms with Crippen LogP contribution in [-0.4, -0.2) is 31.4 Å². The van der Waals surface area contributed by atoms with E-state index < -0.39 is 5.92 Å². The average molecular weight is 402 g/mol. The van der Waals surface area contributed by atoms with Gasteiger partial charge in [-0.15, -0.1) is 0 Å². The van der Waals surface area contributed by atoms with E-state index in [2.05, 4.69) is 10.6 Å². The van der Waals surface area contributed by atoms with Crippen molar-refractivity contribution in [1.29, 1.82) is 0 Å². The second kappa shape index (κ2) is 8.31. The molecule has 1 heterocycles. The number of anilines is 3. The number of halogens is 1. The molecule has 2 aromatic carbocycles. The predicted octanol–water partition coefficient (Wildman–Crippen LogP) is 3.30. The number of ether oxygens (including phenoxy) is 1. The van der Waals surface area contributed by atoms with E-state index >= 15 is 0 Å². The molecular formula is C20H20ClN3O4. The quantitative estimate of drug-likeness (QED) is 0.804. The van der Waals surface area contributed by atoms with Gasteiger partial charge in [-0.25, -0.2) is 0 Å². The van der Waals surface area contributed by atoms with Gasteiger partial charge in [-0.1, -0.05) is 17.7 Å². The van der Waals surface area contributed by atoms with E-state index in [-0.39, 0.29) is 30.7 Å². The fourth-order valence-electron chi connectivity index (χ4n) is 3.11. The zero-order valence-corrected chi connectivity index (χ0v) is 16.2. The minimum atomic E-state index is -0.513. The second-order valence-electron chi connectivity index (χ2n) is 6.47. The van der Waals surface area contributed by atoms with Gasteiger partial charge in [0, 0.05) is 36.3 Å². The molecule has 0 unspecified atom stereocenters. The summed E-state index contributed by atoms with van der Waals surface area (Å²) in [6.45, 7) is 1.64. The van der Waals surface area contributed by atoms with Crippen molar-refractivity contribution in [2.24, 2.45) is 5.92 Å². The summed E-state index contributed by atoms with van der Waals surface area (Å²) in [5, 5.41) is 5.94. The minimum absolute atomic E-state index is 0.0902. The Morgan fingerprint density at radius 2 is 1.86 bits per heavy atom. The van der Waals surface area contributed by atoms with E-state index in [1.54, 1.807) is 42.5 Å². The molecular weight excluding hydrogens is 382 g/mol. The van der Waals surface area contributed by atoms with Crippen LogP contribution in [0.3, 0.4) is 0 Å². The molecule has 0 spiro atoms. The number of rotatable bonds is 5. The molecule has 0 saturated carbocycles. The van der Waals surface area contributed by atoms with Gasteiger partial charge in [0.1, 0.15) is 5.75 Å². The summed E-state index contributed by atoms with van der Waals surface area (Å²) in [5.41, 5.74) is 1.67. The Hall–Kier alpha value is -3.06. The molecule has 28 heavy (non-hydrogen) atoms. The number of hydrogen-bond donors (Lipinski definition) is 2. The number of nitrogens with one attached hydrogen (secondary N) is 2. The van der Waals surface area contributed by atoms with Crippen molar-refractivity contribution in [3.63, 3.8) is 0 Å². The average Bonchev–Trinajstić information content (AvgIpc) is 3.03. The van der Waals surface area contributed by atoms with Crippen LogP contribution >= 0.6 is 11.6 Å². The van der Waals surface area contributed by atoms with Crippen molar-refractivity contribution in [2.45, 2.75) is 13.3 Å². The van der Waals surface area contributed by atoms with Crippen LogP contribution in [0.4, 0.5) is 17.1 Å². The zero-order chi connectivity index (χ0) is 20.3. The highest BCUT2D eigenvalue weighted by Gasteiger charge is 2.36. The maximum absolute atomic E-state index is 12.7. The smallest absolute Gasteiger partial charge is 0.229 e. The van der Waals surface area contributed by atoms with Gasteiger partial charge in [-0.3, -0.25) is 14.4 Å². The third-order valence-corrected chi connectivity index (χ3v) is 4.61. The molecule has 2 aromatic rings. The van der Waals surface area contributed by atoms with Crippen LogP contribution in [-0.2, 0) is 14.4 Å². The number of carbonyl (C=O) groups excluding carboxylic acids is 3. The maximum Gasteiger partial charge on any atom is 0.229 e. The van der Waals surface area contributed by atoms with Gasteiger partial charge >= 0.3 is 0 Å². The topological polar surface area (TPSA) is 87.7 Å². The molecule has 3 amide bonds. The van der Waals surface area contributed by atoms with Gasteiger partial charge in [-0.2, -0.15) is 0 Å². The summed E-state index contributed by atoms with van der Waals surface area (Å²) in [7, 11) is 1.51. The van der Waals surface area contributed by atoms with Gasteiger partial charge in [0.15, 0.2) is 0 Å². The fourth-order valence-corrected chi connectivity index (χ4v) is 3.28. The largest absolute Gasteiger partial charge is 0.495 e. The Bertz CT molecular complexity index is 931. The van der Waals surface area contributed by atoms with Crippen LogP contribution in [0.1, 0.15) is 13.3 Å². The normalized spacial score (nSPS) is 16.0. The van der Waals surface area contributed by atoms with Gasteiger partial charge in [0.05, 0.1) is 18.7 Å². The maximum atomic E-state index is 12.7. The number of methoxy groups -OCH3 is 1. The lowest BCUT2D eigenvalue weighted by molar-refractivity contribution is -0.122. The summed E-state index contributed by atoms with van der Waals surface area (Å²) in [6, 6.07) is 11.8. The number of carbonyl (C=O) groups is 3. The highest BCUT2D eigenvalue weighted by Crippen LogP contribution is 2.35. The molecule has 8 heteroatoms. The molecule has 0 radical (unpaired) electrons. The monoisotopic (exact) mass is 401 g/mol. The number of amides is 3. The standard InChI is InChI=1S/C20H20ClN3O4/c1-12(25)22-15-4-3-5-16(10-15)23-20(27)13-8-19(26)24(11-13)17-9-14(21)6-7-18(17)28-2/h3-7,9-10,13H,8,11H2,1-2H3,(H,22,25)(H,23,27)/t13-/m0/s1. The fraction of sp³-hybridized carbons (Fsp3) is 0.250. The van der Waals surface area contributed by atoms with E-state index in [0.717, 1.165) is 0 Å². The Labute approximate surface area is 167 Å². The highest BCUT2D eigenvalue weighted by molar-refractivity contribution is 6.31. The van der Waals surface area contributed by atoms with Crippen molar-refractivity contribution in [2.75, 3.05) is 29.2 Å². The second-order valence-corrected chi connectivity index (χ2v) is 6.91. The Kier molecular flexibility index (Phi) is 5.84. The van der Waals surface area contributed by atoms with E-state index in [1.807, 2.05) is 0 Å². The van der Waals surface area contributed by atoms with Crippen molar-refractivity contribution in [3.05, 3.63) is 47.5 Å². The summed E-state index contributed by atoms with van der Waals surface area (Å²) >= 11 is 6.05. The number of nitrogens with zero attached hydrogens (tertiary/aromatic N) is 1. The minimum Gasteiger partial charge on any atom is -0.495 e. The Morgan fingerprint density at radius 3 is 2.54 bits per heavy atom. The first-order valence-electron chi connectivity index (χ1n) is 8.70.